The molecule has 0 bridgehead atoms. The maximum atomic E-state index is 14.2. The summed E-state index contributed by atoms with van der Waals surface area (Å²) in [5, 5.41) is 1.58. The highest BCUT2D eigenvalue weighted by Crippen LogP contribution is 2.34. The van der Waals surface area contributed by atoms with Gasteiger partial charge in [-0.15, -0.1) is 11.8 Å². The number of ether oxygens (including phenoxy) is 1. The average molecular weight is 397 g/mol. The summed E-state index contributed by atoms with van der Waals surface area (Å²) in [5.74, 6) is -3.92. The summed E-state index contributed by atoms with van der Waals surface area (Å²) in [6, 6.07) is 6.60. The molecule has 0 heterocycles. The van der Waals surface area contributed by atoms with Gasteiger partial charge in [0, 0.05) is 16.5 Å². The SMILES string of the molecule is COC(=O)C(Sc1cc(NC(=O)c2cccc(F)c2)c(F)cc1F)C(C)C. The topological polar surface area (TPSA) is 55.4 Å². The third-order valence-corrected chi connectivity index (χ3v) is 5.21. The van der Waals surface area contributed by atoms with E-state index in [1.165, 1.54) is 25.3 Å². The van der Waals surface area contributed by atoms with Crippen LogP contribution < -0.4 is 5.32 Å². The highest BCUT2D eigenvalue weighted by Gasteiger charge is 2.26. The lowest BCUT2D eigenvalue weighted by Gasteiger charge is -2.18. The van der Waals surface area contributed by atoms with Crippen molar-refractivity contribution in [2.75, 3.05) is 12.4 Å². The molecule has 0 aliphatic rings. The molecule has 0 fully saturated rings. The number of anilines is 1. The number of halogens is 3. The number of esters is 1. The monoisotopic (exact) mass is 397 g/mol. The molecule has 1 unspecified atom stereocenters. The number of amides is 1. The molecule has 1 atom stereocenters. The number of nitrogens with one attached hydrogen (secondary N) is 1. The van der Waals surface area contributed by atoms with Crippen molar-refractivity contribution >= 4 is 29.3 Å². The Hall–Kier alpha value is -2.48. The van der Waals surface area contributed by atoms with Crippen LogP contribution in [0, 0.1) is 23.4 Å². The van der Waals surface area contributed by atoms with Crippen LogP contribution in [-0.4, -0.2) is 24.2 Å². The molecule has 4 nitrogen and oxygen atoms in total. The summed E-state index contributed by atoms with van der Waals surface area (Å²) in [5.41, 5.74) is -0.289. The van der Waals surface area contributed by atoms with Gasteiger partial charge in [-0.25, -0.2) is 13.2 Å². The molecule has 0 aliphatic carbocycles. The number of hydrogen-bond acceptors (Lipinski definition) is 4. The fraction of sp³-hybridized carbons (Fsp3) is 0.263. The normalized spacial score (nSPS) is 12.0. The lowest BCUT2D eigenvalue weighted by molar-refractivity contribution is -0.140. The molecule has 0 radical (unpaired) electrons. The van der Waals surface area contributed by atoms with E-state index in [4.69, 9.17) is 4.74 Å². The van der Waals surface area contributed by atoms with Gasteiger partial charge in [-0.3, -0.25) is 9.59 Å². The quantitative estimate of drug-likeness (QED) is 0.570. The molecule has 1 N–H and O–H groups in total. The Morgan fingerprint density at radius 2 is 1.78 bits per heavy atom. The number of thioether (sulfide) groups is 1. The Balaban J connectivity index is 2.29. The predicted molar refractivity (Wildman–Crippen MR) is 97.2 cm³/mol. The fourth-order valence-corrected chi connectivity index (χ4v) is 3.34. The minimum atomic E-state index is -0.985. The van der Waals surface area contributed by atoms with E-state index in [0.717, 1.165) is 23.9 Å². The van der Waals surface area contributed by atoms with Gasteiger partial charge in [0.1, 0.15) is 22.7 Å². The van der Waals surface area contributed by atoms with Crippen LogP contribution in [0.1, 0.15) is 24.2 Å². The van der Waals surface area contributed by atoms with Crippen molar-refractivity contribution in [2.24, 2.45) is 5.92 Å². The second kappa shape index (κ2) is 8.94. The summed E-state index contributed by atoms with van der Waals surface area (Å²) in [7, 11) is 1.23. The minimum absolute atomic E-state index is 0.0115. The van der Waals surface area contributed by atoms with E-state index < -0.39 is 34.6 Å². The molecule has 0 aliphatic heterocycles. The summed E-state index contributed by atoms with van der Waals surface area (Å²) in [6.45, 7) is 3.53. The van der Waals surface area contributed by atoms with Crippen LogP contribution in [0.3, 0.4) is 0 Å². The van der Waals surface area contributed by atoms with Gasteiger partial charge in [0.2, 0.25) is 0 Å². The smallest absolute Gasteiger partial charge is 0.319 e. The van der Waals surface area contributed by atoms with Crippen LogP contribution in [0.25, 0.3) is 0 Å². The van der Waals surface area contributed by atoms with Gasteiger partial charge in [-0.05, 0) is 30.2 Å². The maximum Gasteiger partial charge on any atom is 0.319 e. The molecule has 0 saturated heterocycles. The number of hydrogen-bond donors (Lipinski definition) is 1. The summed E-state index contributed by atoms with van der Waals surface area (Å²) >= 11 is 0.877. The molecule has 2 rings (SSSR count). The van der Waals surface area contributed by atoms with Crippen molar-refractivity contribution in [1.29, 1.82) is 0 Å². The van der Waals surface area contributed by atoms with Gasteiger partial charge < -0.3 is 10.1 Å². The van der Waals surface area contributed by atoms with Crippen LogP contribution in [-0.2, 0) is 9.53 Å². The van der Waals surface area contributed by atoms with Gasteiger partial charge in [-0.1, -0.05) is 19.9 Å². The number of rotatable bonds is 6. The number of carbonyl (C=O) groups excluding carboxylic acids is 2. The van der Waals surface area contributed by atoms with E-state index in [2.05, 4.69) is 5.32 Å². The lowest BCUT2D eigenvalue weighted by atomic mass is 10.1. The zero-order valence-corrected chi connectivity index (χ0v) is 15.7. The largest absolute Gasteiger partial charge is 0.468 e. The first-order valence-corrected chi connectivity index (χ1v) is 8.91. The summed E-state index contributed by atoms with van der Waals surface area (Å²) in [4.78, 5) is 24.0. The molecule has 2 aromatic rings. The molecular weight excluding hydrogens is 379 g/mol. The predicted octanol–water partition coefficient (Wildman–Crippen LogP) is 4.65. The first-order valence-electron chi connectivity index (χ1n) is 8.03. The van der Waals surface area contributed by atoms with Crippen LogP contribution >= 0.6 is 11.8 Å². The molecule has 2 aromatic carbocycles. The van der Waals surface area contributed by atoms with Gasteiger partial charge >= 0.3 is 5.97 Å². The van der Waals surface area contributed by atoms with Gasteiger partial charge in [0.05, 0.1) is 12.8 Å². The van der Waals surface area contributed by atoms with Crippen LogP contribution in [0.5, 0.6) is 0 Å². The van der Waals surface area contributed by atoms with E-state index >= 15 is 0 Å². The highest BCUT2D eigenvalue weighted by molar-refractivity contribution is 8.00. The number of methoxy groups -OCH3 is 1. The zero-order chi connectivity index (χ0) is 20.1. The maximum absolute atomic E-state index is 14.2. The van der Waals surface area contributed by atoms with Crippen molar-refractivity contribution in [3.8, 4) is 0 Å². The van der Waals surface area contributed by atoms with Gasteiger partial charge in [0.25, 0.3) is 5.91 Å². The third kappa shape index (κ3) is 5.26. The Kier molecular flexibility index (Phi) is 6.90. The van der Waals surface area contributed by atoms with Crippen molar-refractivity contribution in [3.05, 3.63) is 59.4 Å². The Morgan fingerprint density at radius 1 is 1.07 bits per heavy atom. The molecule has 8 heteroatoms. The third-order valence-electron chi connectivity index (χ3n) is 3.65. The molecule has 27 heavy (non-hydrogen) atoms. The Morgan fingerprint density at radius 3 is 2.37 bits per heavy atom. The van der Waals surface area contributed by atoms with Gasteiger partial charge in [0.15, 0.2) is 0 Å². The first kappa shape index (κ1) is 20.8. The van der Waals surface area contributed by atoms with Crippen molar-refractivity contribution < 1.29 is 27.5 Å². The molecule has 0 saturated carbocycles. The molecule has 1 amide bonds. The van der Waals surface area contributed by atoms with E-state index in [0.29, 0.717) is 6.07 Å². The Labute approximate surface area is 159 Å². The molecule has 0 spiro atoms. The zero-order valence-electron chi connectivity index (χ0n) is 14.9. The fourth-order valence-electron chi connectivity index (χ4n) is 2.25. The van der Waals surface area contributed by atoms with Crippen molar-refractivity contribution in [2.45, 2.75) is 24.0 Å². The molecular formula is C19H18F3NO3S. The number of benzene rings is 2. The van der Waals surface area contributed by atoms with Gasteiger partial charge in [-0.2, -0.15) is 0 Å². The van der Waals surface area contributed by atoms with Crippen molar-refractivity contribution in [1.82, 2.24) is 0 Å². The summed E-state index contributed by atoms with van der Waals surface area (Å²) in [6.07, 6.45) is 0. The van der Waals surface area contributed by atoms with Crippen LogP contribution in [0.2, 0.25) is 0 Å². The number of carbonyl (C=O) groups is 2. The molecule has 144 valence electrons. The second-order valence-electron chi connectivity index (χ2n) is 6.03. The first-order chi connectivity index (χ1) is 12.7. The van der Waals surface area contributed by atoms with E-state index in [1.54, 1.807) is 13.8 Å². The molecule has 0 aromatic heterocycles. The van der Waals surface area contributed by atoms with Crippen molar-refractivity contribution in [3.63, 3.8) is 0 Å². The van der Waals surface area contributed by atoms with E-state index in [-0.39, 0.29) is 22.1 Å². The average Bonchev–Trinajstić information content (AvgIpc) is 2.61. The Bertz CT molecular complexity index is 858. The highest BCUT2D eigenvalue weighted by atomic mass is 32.2. The van der Waals surface area contributed by atoms with Crippen LogP contribution in [0.4, 0.5) is 18.9 Å². The minimum Gasteiger partial charge on any atom is -0.468 e. The second-order valence-corrected chi connectivity index (χ2v) is 7.22. The standard InChI is InChI=1S/C19H18F3NO3S/c1-10(2)17(19(25)26-3)27-16-9-15(13(21)8-14(16)22)23-18(24)11-5-4-6-12(20)7-11/h4-10,17H,1-3H3,(H,23,24). The van der Waals surface area contributed by atoms with E-state index in [9.17, 15) is 22.8 Å². The lowest BCUT2D eigenvalue weighted by Crippen LogP contribution is -2.24. The van der Waals surface area contributed by atoms with E-state index in [1.807, 2.05) is 0 Å². The van der Waals surface area contributed by atoms with Crippen LogP contribution in [0.15, 0.2) is 41.3 Å². The summed E-state index contributed by atoms with van der Waals surface area (Å²) < 4.78 is 46.2.